The molecule has 24 heavy (non-hydrogen) atoms. The van der Waals surface area contributed by atoms with E-state index in [4.69, 9.17) is 0 Å². The van der Waals surface area contributed by atoms with Gasteiger partial charge in [-0.3, -0.25) is 9.48 Å². The lowest BCUT2D eigenvalue weighted by Gasteiger charge is -2.19. The number of amides is 1. The molecule has 0 saturated heterocycles. The highest BCUT2D eigenvalue weighted by molar-refractivity contribution is 9.10. The minimum Gasteiger partial charge on any atom is -0.348 e. The maximum absolute atomic E-state index is 12.3. The van der Waals surface area contributed by atoms with Gasteiger partial charge < -0.3 is 5.32 Å². The number of rotatable bonds is 7. The highest BCUT2D eigenvalue weighted by Gasteiger charge is 2.14. The normalized spacial score (nSPS) is 13.5. The summed E-state index contributed by atoms with van der Waals surface area (Å²) < 4.78 is 2.58. The predicted molar refractivity (Wildman–Crippen MR) is 101 cm³/mol. The molecule has 1 heterocycles. The second-order valence-corrected chi connectivity index (χ2v) is 7.12. The van der Waals surface area contributed by atoms with Gasteiger partial charge >= 0.3 is 0 Å². The number of aryl methyl sites for hydroxylation is 1. The summed E-state index contributed by atoms with van der Waals surface area (Å²) >= 11 is 3.42. The third-order valence-electron chi connectivity index (χ3n) is 4.46. The van der Waals surface area contributed by atoms with Crippen LogP contribution in [0.25, 0.3) is 0 Å². The second-order valence-electron chi connectivity index (χ2n) is 6.26. The zero-order valence-electron chi connectivity index (χ0n) is 14.8. The standard InChI is InChI=1S/C19H26BrN3O/c1-5-13(3)15-7-9-16(10-8-15)18(6-2)21-19(24)12-23-11-17(20)14(4)22-23/h7-11,13,18H,5-6,12H2,1-4H3,(H,21,24). The maximum atomic E-state index is 12.3. The Kier molecular flexibility index (Phi) is 6.60. The Balaban J connectivity index is 2.01. The largest absolute Gasteiger partial charge is 0.348 e. The highest BCUT2D eigenvalue weighted by Crippen LogP contribution is 2.22. The van der Waals surface area contributed by atoms with Crippen LogP contribution < -0.4 is 5.32 Å². The Bertz CT molecular complexity index is 659. The molecule has 0 aliphatic heterocycles. The minimum absolute atomic E-state index is 0.0251. The summed E-state index contributed by atoms with van der Waals surface area (Å²) in [7, 11) is 0. The first-order valence-corrected chi connectivity index (χ1v) is 9.32. The molecule has 2 atom stereocenters. The molecule has 2 rings (SSSR count). The summed E-state index contributed by atoms with van der Waals surface area (Å²) in [5, 5.41) is 7.41. The third kappa shape index (κ3) is 4.69. The van der Waals surface area contributed by atoms with Crippen molar-refractivity contribution in [3.05, 3.63) is 51.8 Å². The maximum Gasteiger partial charge on any atom is 0.242 e. The summed E-state index contributed by atoms with van der Waals surface area (Å²) in [6, 6.07) is 8.64. The SMILES string of the molecule is CCC(C)c1ccc(C(CC)NC(=O)Cn2cc(Br)c(C)n2)cc1. The van der Waals surface area contributed by atoms with Crippen molar-refractivity contribution in [2.45, 2.75) is 59.0 Å². The minimum atomic E-state index is -0.0251. The first-order valence-electron chi connectivity index (χ1n) is 8.53. The van der Waals surface area contributed by atoms with Crippen molar-refractivity contribution in [1.82, 2.24) is 15.1 Å². The van der Waals surface area contributed by atoms with E-state index in [-0.39, 0.29) is 18.5 Å². The van der Waals surface area contributed by atoms with Gasteiger partial charge in [-0.25, -0.2) is 0 Å². The Morgan fingerprint density at radius 2 is 1.83 bits per heavy atom. The van der Waals surface area contributed by atoms with Gasteiger partial charge in [0.15, 0.2) is 0 Å². The van der Waals surface area contributed by atoms with Crippen molar-refractivity contribution in [1.29, 1.82) is 0 Å². The number of carbonyl (C=O) groups is 1. The smallest absolute Gasteiger partial charge is 0.242 e. The monoisotopic (exact) mass is 391 g/mol. The van der Waals surface area contributed by atoms with Gasteiger partial charge in [0.1, 0.15) is 6.54 Å². The molecule has 0 aliphatic rings. The molecule has 2 aromatic rings. The molecule has 1 aromatic carbocycles. The topological polar surface area (TPSA) is 46.9 Å². The lowest BCUT2D eigenvalue weighted by Crippen LogP contribution is -2.31. The van der Waals surface area contributed by atoms with Crippen molar-refractivity contribution in [2.75, 3.05) is 0 Å². The van der Waals surface area contributed by atoms with Crippen molar-refractivity contribution < 1.29 is 4.79 Å². The summed E-state index contributed by atoms with van der Waals surface area (Å²) in [6.07, 6.45) is 3.82. The molecule has 1 N–H and O–H groups in total. The third-order valence-corrected chi connectivity index (χ3v) is 5.23. The van der Waals surface area contributed by atoms with Crippen LogP contribution in [0.5, 0.6) is 0 Å². The number of carbonyl (C=O) groups excluding carboxylic acids is 1. The Labute approximate surface area is 152 Å². The van der Waals surface area contributed by atoms with E-state index in [1.165, 1.54) is 5.56 Å². The van der Waals surface area contributed by atoms with Crippen LogP contribution in [0.15, 0.2) is 34.9 Å². The van der Waals surface area contributed by atoms with Crippen molar-refractivity contribution >= 4 is 21.8 Å². The van der Waals surface area contributed by atoms with E-state index < -0.39 is 0 Å². The van der Waals surface area contributed by atoms with Gasteiger partial charge in [0.05, 0.1) is 16.2 Å². The Hall–Kier alpha value is -1.62. The average molecular weight is 392 g/mol. The summed E-state index contributed by atoms with van der Waals surface area (Å²) in [5.41, 5.74) is 3.38. The van der Waals surface area contributed by atoms with Gasteiger partial charge in [-0.2, -0.15) is 5.10 Å². The van der Waals surface area contributed by atoms with Gasteiger partial charge in [0.2, 0.25) is 5.91 Å². The highest BCUT2D eigenvalue weighted by atomic mass is 79.9. The van der Waals surface area contributed by atoms with E-state index >= 15 is 0 Å². The molecule has 0 bridgehead atoms. The number of hydrogen-bond donors (Lipinski definition) is 1. The zero-order chi connectivity index (χ0) is 17.7. The first-order chi connectivity index (χ1) is 11.4. The number of halogens is 1. The molecular weight excluding hydrogens is 366 g/mol. The van der Waals surface area contributed by atoms with Crippen LogP contribution in [0.1, 0.15) is 62.4 Å². The van der Waals surface area contributed by atoms with Gasteiger partial charge in [-0.05, 0) is 52.7 Å². The quantitative estimate of drug-likeness (QED) is 0.740. The lowest BCUT2D eigenvalue weighted by atomic mass is 9.95. The van der Waals surface area contributed by atoms with E-state index in [0.29, 0.717) is 5.92 Å². The first kappa shape index (κ1) is 18.7. The Morgan fingerprint density at radius 3 is 2.33 bits per heavy atom. The van der Waals surface area contributed by atoms with Crippen LogP contribution in [-0.2, 0) is 11.3 Å². The average Bonchev–Trinajstić information content (AvgIpc) is 2.89. The van der Waals surface area contributed by atoms with E-state index in [1.807, 2.05) is 13.1 Å². The van der Waals surface area contributed by atoms with Gasteiger partial charge in [-0.1, -0.05) is 45.0 Å². The molecule has 0 radical (unpaired) electrons. The molecule has 1 aromatic heterocycles. The number of aromatic nitrogens is 2. The molecule has 1 amide bonds. The molecular formula is C19H26BrN3O. The summed E-state index contributed by atoms with van der Waals surface area (Å²) in [5.74, 6) is 0.540. The molecule has 4 nitrogen and oxygen atoms in total. The van der Waals surface area contributed by atoms with Gasteiger partial charge in [0.25, 0.3) is 0 Å². The second kappa shape index (κ2) is 8.47. The van der Waals surface area contributed by atoms with Gasteiger partial charge in [0, 0.05) is 6.20 Å². The van der Waals surface area contributed by atoms with Crippen LogP contribution >= 0.6 is 15.9 Å². The van der Waals surface area contributed by atoms with Crippen LogP contribution in [-0.4, -0.2) is 15.7 Å². The fourth-order valence-corrected chi connectivity index (χ4v) is 2.99. The summed E-state index contributed by atoms with van der Waals surface area (Å²) in [6.45, 7) is 8.66. The number of hydrogen-bond acceptors (Lipinski definition) is 2. The van der Waals surface area contributed by atoms with E-state index in [0.717, 1.165) is 28.6 Å². The summed E-state index contributed by atoms with van der Waals surface area (Å²) in [4.78, 5) is 12.3. The Morgan fingerprint density at radius 1 is 1.21 bits per heavy atom. The van der Waals surface area contributed by atoms with Crippen LogP contribution in [0.3, 0.4) is 0 Å². The van der Waals surface area contributed by atoms with Crippen LogP contribution in [0, 0.1) is 6.92 Å². The van der Waals surface area contributed by atoms with Crippen molar-refractivity contribution in [3.8, 4) is 0 Å². The molecule has 0 spiro atoms. The van der Waals surface area contributed by atoms with Crippen molar-refractivity contribution in [3.63, 3.8) is 0 Å². The number of benzene rings is 1. The molecule has 0 aliphatic carbocycles. The zero-order valence-corrected chi connectivity index (χ0v) is 16.4. The van der Waals surface area contributed by atoms with E-state index in [2.05, 4.69) is 71.4 Å². The van der Waals surface area contributed by atoms with Crippen LogP contribution in [0.2, 0.25) is 0 Å². The van der Waals surface area contributed by atoms with Crippen molar-refractivity contribution in [2.24, 2.45) is 0 Å². The van der Waals surface area contributed by atoms with Crippen LogP contribution in [0.4, 0.5) is 0 Å². The molecule has 0 saturated carbocycles. The molecule has 0 fully saturated rings. The number of nitrogens with zero attached hydrogens (tertiary/aromatic N) is 2. The lowest BCUT2D eigenvalue weighted by molar-refractivity contribution is -0.122. The fraction of sp³-hybridized carbons (Fsp3) is 0.474. The predicted octanol–water partition coefficient (Wildman–Crippen LogP) is 4.74. The molecule has 2 unspecified atom stereocenters. The van der Waals surface area contributed by atoms with E-state index in [1.54, 1.807) is 4.68 Å². The molecule has 5 heteroatoms. The van der Waals surface area contributed by atoms with Gasteiger partial charge in [-0.15, -0.1) is 0 Å². The number of nitrogens with one attached hydrogen (secondary N) is 1. The molecule has 130 valence electrons. The van der Waals surface area contributed by atoms with E-state index in [9.17, 15) is 4.79 Å². The fourth-order valence-electron chi connectivity index (χ4n) is 2.68.